The van der Waals surface area contributed by atoms with Crippen LogP contribution in [0.4, 0.5) is 0 Å². The van der Waals surface area contributed by atoms with Crippen molar-refractivity contribution in [3.05, 3.63) is 23.8 Å². The number of ether oxygens (including phenoxy) is 2. The van der Waals surface area contributed by atoms with E-state index in [2.05, 4.69) is 30.5 Å². The van der Waals surface area contributed by atoms with Crippen LogP contribution in [-0.4, -0.2) is 33.9 Å². The molecule has 0 aromatic heterocycles. The summed E-state index contributed by atoms with van der Waals surface area (Å²) < 4.78 is 10.6. The Labute approximate surface area is 110 Å². The Hall–Kier alpha value is -1.26. The van der Waals surface area contributed by atoms with Gasteiger partial charge in [-0.3, -0.25) is 0 Å². The number of rotatable bonds is 7. The van der Waals surface area contributed by atoms with Crippen molar-refractivity contribution >= 4 is 0 Å². The summed E-state index contributed by atoms with van der Waals surface area (Å²) >= 11 is 0. The fraction of sp³-hybridized carbons (Fsp3) is 0.571. The van der Waals surface area contributed by atoms with E-state index < -0.39 is 0 Å². The first-order valence-corrected chi connectivity index (χ1v) is 6.25. The van der Waals surface area contributed by atoms with E-state index in [4.69, 9.17) is 9.47 Å². The molecule has 18 heavy (non-hydrogen) atoms. The predicted molar refractivity (Wildman–Crippen MR) is 74.5 cm³/mol. The monoisotopic (exact) mass is 252 g/mol. The van der Waals surface area contributed by atoms with E-state index in [1.165, 1.54) is 5.56 Å². The second-order valence-corrected chi connectivity index (χ2v) is 4.52. The Balaban J connectivity index is 2.85. The molecule has 2 N–H and O–H groups in total. The molecule has 1 rings (SSSR count). The Kier molecular flexibility index (Phi) is 5.95. The summed E-state index contributed by atoms with van der Waals surface area (Å²) in [5.41, 5.74) is 1.18. The molecule has 1 atom stereocenters. The first-order valence-electron chi connectivity index (χ1n) is 6.25. The van der Waals surface area contributed by atoms with Gasteiger partial charge >= 0.3 is 0 Å². The van der Waals surface area contributed by atoms with Gasteiger partial charge in [0, 0.05) is 18.6 Å². The summed E-state index contributed by atoms with van der Waals surface area (Å²) in [6.45, 7) is 5.16. The number of hydrogen-bond donors (Lipinski definition) is 2. The maximum absolute atomic E-state index is 5.32. The van der Waals surface area contributed by atoms with Crippen molar-refractivity contribution in [2.45, 2.75) is 25.9 Å². The Morgan fingerprint density at radius 2 is 1.78 bits per heavy atom. The summed E-state index contributed by atoms with van der Waals surface area (Å²) in [7, 11) is 5.26. The van der Waals surface area contributed by atoms with Crippen LogP contribution in [-0.2, 0) is 0 Å². The van der Waals surface area contributed by atoms with Crippen molar-refractivity contribution in [1.29, 1.82) is 0 Å². The molecule has 1 aromatic carbocycles. The third-order valence-electron chi connectivity index (χ3n) is 2.89. The van der Waals surface area contributed by atoms with Gasteiger partial charge in [-0.1, -0.05) is 19.9 Å². The molecule has 0 saturated carbocycles. The minimum absolute atomic E-state index is 0.257. The lowest BCUT2D eigenvalue weighted by atomic mass is 10.1. The molecule has 1 unspecified atom stereocenters. The number of likely N-dealkylation sites (N-methyl/N-ethyl adjacent to an activating group) is 1. The second kappa shape index (κ2) is 7.24. The van der Waals surface area contributed by atoms with Gasteiger partial charge in [0.2, 0.25) is 0 Å². The van der Waals surface area contributed by atoms with Crippen molar-refractivity contribution in [2.24, 2.45) is 0 Å². The molecule has 0 amide bonds. The lowest BCUT2D eigenvalue weighted by Gasteiger charge is -2.20. The summed E-state index contributed by atoms with van der Waals surface area (Å²) in [5.74, 6) is 1.52. The van der Waals surface area contributed by atoms with E-state index in [9.17, 15) is 0 Å². The maximum Gasteiger partial charge on any atom is 0.161 e. The molecular formula is C14H24N2O2. The predicted octanol–water partition coefficient (Wildman–Crippen LogP) is 1.96. The molecule has 0 aliphatic rings. The van der Waals surface area contributed by atoms with Gasteiger partial charge in [0.1, 0.15) is 0 Å². The van der Waals surface area contributed by atoms with Gasteiger partial charge in [-0.15, -0.1) is 0 Å². The zero-order chi connectivity index (χ0) is 13.5. The fourth-order valence-corrected chi connectivity index (χ4v) is 1.81. The molecule has 0 aliphatic carbocycles. The van der Waals surface area contributed by atoms with Crippen LogP contribution in [0.2, 0.25) is 0 Å². The highest BCUT2D eigenvalue weighted by atomic mass is 16.5. The Morgan fingerprint density at radius 3 is 2.28 bits per heavy atom. The van der Waals surface area contributed by atoms with Gasteiger partial charge in [-0.05, 0) is 24.7 Å². The Morgan fingerprint density at radius 1 is 1.11 bits per heavy atom. The van der Waals surface area contributed by atoms with Crippen LogP contribution in [0.3, 0.4) is 0 Å². The first kappa shape index (κ1) is 14.8. The minimum atomic E-state index is 0.257. The van der Waals surface area contributed by atoms with Gasteiger partial charge in [0.05, 0.1) is 14.2 Å². The van der Waals surface area contributed by atoms with Gasteiger partial charge in [0.25, 0.3) is 0 Å². The summed E-state index contributed by atoms with van der Waals surface area (Å²) in [5, 5.41) is 6.73. The third kappa shape index (κ3) is 3.89. The van der Waals surface area contributed by atoms with Crippen molar-refractivity contribution in [3.63, 3.8) is 0 Å². The van der Waals surface area contributed by atoms with Gasteiger partial charge in [0.15, 0.2) is 11.5 Å². The highest BCUT2D eigenvalue weighted by Crippen LogP contribution is 2.29. The van der Waals surface area contributed by atoms with Crippen molar-refractivity contribution in [2.75, 3.05) is 27.8 Å². The molecule has 0 heterocycles. The second-order valence-electron chi connectivity index (χ2n) is 4.52. The van der Waals surface area contributed by atoms with Gasteiger partial charge < -0.3 is 20.1 Å². The lowest BCUT2D eigenvalue weighted by Crippen LogP contribution is -2.33. The summed E-state index contributed by atoms with van der Waals surface area (Å²) in [6, 6.07) is 6.74. The van der Waals surface area contributed by atoms with Crippen LogP contribution < -0.4 is 20.1 Å². The van der Waals surface area contributed by atoms with E-state index in [0.717, 1.165) is 18.0 Å². The topological polar surface area (TPSA) is 42.5 Å². The van der Waals surface area contributed by atoms with Crippen molar-refractivity contribution in [3.8, 4) is 11.5 Å². The van der Waals surface area contributed by atoms with Crippen LogP contribution in [0, 0.1) is 0 Å². The molecule has 4 nitrogen and oxygen atoms in total. The van der Waals surface area contributed by atoms with Gasteiger partial charge in [-0.25, -0.2) is 0 Å². The van der Waals surface area contributed by atoms with Crippen molar-refractivity contribution < 1.29 is 9.47 Å². The third-order valence-corrected chi connectivity index (χ3v) is 2.89. The SMILES string of the molecule is CNC(CNC(C)C)c1ccc(OC)c(OC)c1. The highest BCUT2D eigenvalue weighted by molar-refractivity contribution is 5.43. The van der Waals surface area contributed by atoms with Crippen LogP contribution in [0.5, 0.6) is 11.5 Å². The van der Waals surface area contributed by atoms with E-state index in [1.807, 2.05) is 19.2 Å². The molecule has 0 saturated heterocycles. The zero-order valence-electron chi connectivity index (χ0n) is 11.9. The number of methoxy groups -OCH3 is 2. The van der Waals surface area contributed by atoms with E-state index in [0.29, 0.717) is 6.04 Å². The number of benzene rings is 1. The molecule has 0 radical (unpaired) electrons. The average Bonchev–Trinajstić information content (AvgIpc) is 2.38. The lowest BCUT2D eigenvalue weighted by molar-refractivity contribution is 0.353. The smallest absolute Gasteiger partial charge is 0.161 e. The molecule has 102 valence electrons. The minimum Gasteiger partial charge on any atom is -0.493 e. The molecule has 4 heteroatoms. The molecule has 0 spiro atoms. The normalized spacial score (nSPS) is 12.6. The molecule has 0 fully saturated rings. The average molecular weight is 252 g/mol. The van der Waals surface area contributed by atoms with E-state index in [-0.39, 0.29) is 6.04 Å². The Bertz CT molecular complexity index is 367. The molecule has 1 aromatic rings. The van der Waals surface area contributed by atoms with Crippen molar-refractivity contribution in [1.82, 2.24) is 10.6 Å². The zero-order valence-corrected chi connectivity index (χ0v) is 11.9. The van der Waals surface area contributed by atoms with Crippen LogP contribution in [0.25, 0.3) is 0 Å². The molecule has 0 bridgehead atoms. The van der Waals surface area contributed by atoms with Gasteiger partial charge in [-0.2, -0.15) is 0 Å². The highest BCUT2D eigenvalue weighted by Gasteiger charge is 2.12. The molecular weight excluding hydrogens is 228 g/mol. The molecule has 0 aliphatic heterocycles. The van der Waals surface area contributed by atoms with E-state index >= 15 is 0 Å². The van der Waals surface area contributed by atoms with Crippen LogP contribution in [0.1, 0.15) is 25.5 Å². The number of nitrogens with one attached hydrogen (secondary N) is 2. The standard InChI is InChI=1S/C14H24N2O2/c1-10(2)16-9-12(15-3)11-6-7-13(17-4)14(8-11)18-5/h6-8,10,12,15-16H,9H2,1-5H3. The van der Waals surface area contributed by atoms with E-state index in [1.54, 1.807) is 14.2 Å². The fourth-order valence-electron chi connectivity index (χ4n) is 1.81. The van der Waals surface area contributed by atoms with Crippen LogP contribution in [0.15, 0.2) is 18.2 Å². The van der Waals surface area contributed by atoms with Crippen LogP contribution >= 0.6 is 0 Å². The number of hydrogen-bond acceptors (Lipinski definition) is 4. The summed E-state index contributed by atoms with van der Waals surface area (Å²) in [6.07, 6.45) is 0. The largest absolute Gasteiger partial charge is 0.493 e. The maximum atomic E-state index is 5.32. The summed E-state index contributed by atoms with van der Waals surface area (Å²) in [4.78, 5) is 0. The first-order chi connectivity index (χ1) is 8.62. The quantitative estimate of drug-likeness (QED) is 0.778.